The Morgan fingerprint density at radius 2 is 2.05 bits per heavy atom. The maximum atomic E-state index is 12.2. The topological polar surface area (TPSA) is 52.6 Å². The van der Waals surface area contributed by atoms with Crippen LogP contribution in [0.25, 0.3) is 0 Å². The second-order valence-electron chi connectivity index (χ2n) is 6.30. The third-order valence-corrected chi connectivity index (χ3v) is 4.32. The molecule has 1 aromatic carbocycles. The first-order valence-electron chi connectivity index (χ1n) is 7.16. The van der Waals surface area contributed by atoms with Gasteiger partial charge in [-0.2, -0.15) is 0 Å². The summed E-state index contributed by atoms with van der Waals surface area (Å²) in [7, 11) is 2.14. The fraction of sp³-hybridized carbons (Fsp3) is 0.562. The third kappa shape index (κ3) is 3.51. The van der Waals surface area contributed by atoms with E-state index in [1.807, 2.05) is 6.92 Å². The molecule has 1 aliphatic rings. The van der Waals surface area contributed by atoms with Gasteiger partial charge in [0, 0.05) is 12.1 Å². The standard InChI is InChI=1S/C16H24N2O2/c1-12-10-13(19)4-5-14(12)15(20)17-11-16(2)6-8-18(3)9-7-16/h4-5,10,19H,6-9,11H2,1-3H3,(H,17,20). The first-order chi connectivity index (χ1) is 9.39. The lowest BCUT2D eigenvalue weighted by Gasteiger charge is -2.38. The van der Waals surface area contributed by atoms with Gasteiger partial charge in [0.25, 0.3) is 5.91 Å². The molecular weight excluding hydrogens is 252 g/mol. The molecule has 1 amide bonds. The van der Waals surface area contributed by atoms with Gasteiger partial charge in [-0.15, -0.1) is 0 Å². The number of aryl methyl sites for hydroxylation is 1. The van der Waals surface area contributed by atoms with Gasteiger partial charge in [0.05, 0.1) is 0 Å². The molecule has 0 atom stereocenters. The number of hydrogen-bond donors (Lipinski definition) is 2. The molecule has 0 radical (unpaired) electrons. The average molecular weight is 276 g/mol. The summed E-state index contributed by atoms with van der Waals surface area (Å²) in [5, 5.41) is 12.4. The van der Waals surface area contributed by atoms with E-state index < -0.39 is 0 Å². The Morgan fingerprint density at radius 3 is 2.65 bits per heavy atom. The monoisotopic (exact) mass is 276 g/mol. The molecule has 2 N–H and O–H groups in total. The minimum absolute atomic E-state index is 0.0531. The van der Waals surface area contributed by atoms with Crippen LogP contribution in [0.1, 0.15) is 35.7 Å². The molecule has 4 heteroatoms. The fourth-order valence-electron chi connectivity index (χ4n) is 2.63. The van der Waals surface area contributed by atoms with Crippen molar-refractivity contribution in [2.45, 2.75) is 26.7 Å². The summed E-state index contributed by atoms with van der Waals surface area (Å²) in [4.78, 5) is 14.5. The number of amides is 1. The number of phenolic OH excluding ortho intramolecular Hbond substituents is 1. The molecule has 0 aliphatic carbocycles. The van der Waals surface area contributed by atoms with Gasteiger partial charge in [-0.25, -0.2) is 0 Å². The molecule has 0 unspecified atom stereocenters. The summed E-state index contributed by atoms with van der Waals surface area (Å²) >= 11 is 0. The number of phenols is 1. The van der Waals surface area contributed by atoms with Crippen LogP contribution in [-0.2, 0) is 0 Å². The molecule has 0 spiro atoms. The van der Waals surface area contributed by atoms with Gasteiger partial charge in [0.15, 0.2) is 0 Å². The number of nitrogens with zero attached hydrogens (tertiary/aromatic N) is 1. The van der Waals surface area contributed by atoms with E-state index in [9.17, 15) is 9.90 Å². The predicted molar refractivity (Wildman–Crippen MR) is 80.0 cm³/mol. The molecule has 0 aromatic heterocycles. The lowest BCUT2D eigenvalue weighted by Crippen LogP contribution is -2.43. The van der Waals surface area contributed by atoms with E-state index in [-0.39, 0.29) is 17.1 Å². The summed E-state index contributed by atoms with van der Waals surface area (Å²) in [6, 6.07) is 4.85. The zero-order chi connectivity index (χ0) is 14.8. The first-order valence-corrected chi connectivity index (χ1v) is 7.16. The van der Waals surface area contributed by atoms with Crippen molar-refractivity contribution in [2.24, 2.45) is 5.41 Å². The minimum atomic E-state index is -0.0531. The van der Waals surface area contributed by atoms with Crippen molar-refractivity contribution < 1.29 is 9.90 Å². The smallest absolute Gasteiger partial charge is 0.251 e. The van der Waals surface area contributed by atoms with Crippen LogP contribution in [0.5, 0.6) is 5.75 Å². The molecule has 0 bridgehead atoms. The van der Waals surface area contributed by atoms with Crippen LogP contribution in [0.3, 0.4) is 0 Å². The Morgan fingerprint density at radius 1 is 1.40 bits per heavy atom. The molecular formula is C16H24N2O2. The third-order valence-electron chi connectivity index (χ3n) is 4.32. The fourth-order valence-corrected chi connectivity index (χ4v) is 2.63. The molecule has 1 fully saturated rings. The highest BCUT2D eigenvalue weighted by atomic mass is 16.3. The largest absolute Gasteiger partial charge is 0.508 e. The van der Waals surface area contributed by atoms with E-state index in [2.05, 4.69) is 24.2 Å². The van der Waals surface area contributed by atoms with Gasteiger partial charge >= 0.3 is 0 Å². The lowest BCUT2D eigenvalue weighted by molar-refractivity contribution is 0.0891. The lowest BCUT2D eigenvalue weighted by atomic mass is 9.80. The minimum Gasteiger partial charge on any atom is -0.508 e. The van der Waals surface area contributed by atoms with Crippen LogP contribution in [0.15, 0.2) is 18.2 Å². The number of carbonyl (C=O) groups excluding carboxylic acids is 1. The van der Waals surface area contributed by atoms with Crippen LogP contribution >= 0.6 is 0 Å². The van der Waals surface area contributed by atoms with E-state index in [4.69, 9.17) is 0 Å². The maximum Gasteiger partial charge on any atom is 0.251 e. The highest BCUT2D eigenvalue weighted by Crippen LogP contribution is 2.29. The van der Waals surface area contributed by atoms with Crippen molar-refractivity contribution in [3.05, 3.63) is 29.3 Å². The number of benzene rings is 1. The number of carbonyl (C=O) groups is 1. The second kappa shape index (κ2) is 5.83. The van der Waals surface area contributed by atoms with Gasteiger partial charge in [-0.1, -0.05) is 6.92 Å². The second-order valence-corrected chi connectivity index (χ2v) is 6.30. The zero-order valence-corrected chi connectivity index (χ0v) is 12.6. The van der Waals surface area contributed by atoms with Crippen LogP contribution in [-0.4, -0.2) is 42.6 Å². The molecule has 2 rings (SSSR count). The number of rotatable bonds is 3. The van der Waals surface area contributed by atoms with Crippen LogP contribution in [0.4, 0.5) is 0 Å². The molecule has 4 nitrogen and oxygen atoms in total. The number of hydrogen-bond acceptors (Lipinski definition) is 3. The Labute approximate surface area is 120 Å². The van der Waals surface area contributed by atoms with Crippen molar-refractivity contribution in [1.29, 1.82) is 0 Å². The number of piperidine rings is 1. The SMILES string of the molecule is Cc1cc(O)ccc1C(=O)NCC1(C)CCN(C)CC1. The molecule has 1 aromatic rings. The zero-order valence-electron chi connectivity index (χ0n) is 12.6. The van der Waals surface area contributed by atoms with E-state index in [0.717, 1.165) is 31.5 Å². The van der Waals surface area contributed by atoms with Crippen molar-refractivity contribution in [2.75, 3.05) is 26.7 Å². The first kappa shape index (κ1) is 14.9. The Hall–Kier alpha value is -1.55. The highest BCUT2D eigenvalue weighted by molar-refractivity contribution is 5.95. The van der Waals surface area contributed by atoms with Crippen molar-refractivity contribution in [3.63, 3.8) is 0 Å². The Balaban J connectivity index is 1.95. The maximum absolute atomic E-state index is 12.2. The molecule has 1 aliphatic heterocycles. The normalized spacial score (nSPS) is 18.8. The van der Waals surface area contributed by atoms with Crippen LogP contribution in [0, 0.1) is 12.3 Å². The van der Waals surface area contributed by atoms with E-state index in [0.29, 0.717) is 12.1 Å². The summed E-state index contributed by atoms with van der Waals surface area (Å²) in [5.74, 6) is 0.143. The van der Waals surface area contributed by atoms with Crippen LogP contribution < -0.4 is 5.32 Å². The van der Waals surface area contributed by atoms with Gasteiger partial charge in [-0.3, -0.25) is 4.79 Å². The number of nitrogens with one attached hydrogen (secondary N) is 1. The number of aromatic hydroxyl groups is 1. The van der Waals surface area contributed by atoms with Crippen LogP contribution in [0.2, 0.25) is 0 Å². The molecule has 20 heavy (non-hydrogen) atoms. The summed E-state index contributed by atoms with van der Waals surface area (Å²) in [6.45, 7) is 6.96. The summed E-state index contributed by atoms with van der Waals surface area (Å²) in [5.41, 5.74) is 1.63. The molecule has 1 heterocycles. The Kier molecular flexibility index (Phi) is 4.33. The summed E-state index contributed by atoms with van der Waals surface area (Å²) in [6.07, 6.45) is 2.22. The predicted octanol–water partition coefficient (Wildman–Crippen LogP) is 2.16. The summed E-state index contributed by atoms with van der Waals surface area (Å²) < 4.78 is 0. The van der Waals surface area contributed by atoms with Crippen molar-refractivity contribution >= 4 is 5.91 Å². The van der Waals surface area contributed by atoms with Gasteiger partial charge < -0.3 is 15.3 Å². The molecule has 1 saturated heterocycles. The number of likely N-dealkylation sites (tertiary alicyclic amines) is 1. The quantitative estimate of drug-likeness (QED) is 0.889. The van der Waals surface area contributed by atoms with Gasteiger partial charge in [0.1, 0.15) is 5.75 Å². The molecule has 110 valence electrons. The van der Waals surface area contributed by atoms with Gasteiger partial charge in [0.2, 0.25) is 0 Å². The average Bonchev–Trinajstić information content (AvgIpc) is 2.40. The molecule has 0 saturated carbocycles. The highest BCUT2D eigenvalue weighted by Gasteiger charge is 2.29. The Bertz CT molecular complexity index is 491. The van der Waals surface area contributed by atoms with E-state index >= 15 is 0 Å². The van der Waals surface area contributed by atoms with Crippen molar-refractivity contribution in [3.8, 4) is 5.75 Å². The van der Waals surface area contributed by atoms with E-state index in [1.54, 1.807) is 18.2 Å². The van der Waals surface area contributed by atoms with E-state index in [1.165, 1.54) is 0 Å². The van der Waals surface area contributed by atoms with Gasteiger partial charge in [-0.05, 0) is 69.1 Å². The van der Waals surface area contributed by atoms with Crippen molar-refractivity contribution in [1.82, 2.24) is 10.2 Å².